The standard InChI is InChI=1S/C10H15N3O5S/c14-8-4-2-1-3-7(8)13-19(17,18)9-6(10(15)16)5-11-12-9/h5,7-8,13-14H,1-4H2,(H,11,12)(H,15,16). The number of aromatic amines is 1. The Kier molecular flexibility index (Phi) is 3.88. The predicted molar refractivity (Wildman–Crippen MR) is 64.1 cm³/mol. The van der Waals surface area contributed by atoms with Crippen molar-refractivity contribution in [3.8, 4) is 0 Å². The van der Waals surface area contributed by atoms with Gasteiger partial charge in [-0.1, -0.05) is 12.8 Å². The first-order valence-electron chi connectivity index (χ1n) is 5.89. The fourth-order valence-corrected chi connectivity index (χ4v) is 3.53. The highest BCUT2D eigenvalue weighted by Crippen LogP contribution is 2.21. The van der Waals surface area contributed by atoms with Gasteiger partial charge in [0, 0.05) is 6.04 Å². The number of carbonyl (C=O) groups is 1. The van der Waals surface area contributed by atoms with Gasteiger partial charge >= 0.3 is 5.97 Å². The Morgan fingerprint density at radius 3 is 2.74 bits per heavy atom. The molecule has 4 N–H and O–H groups in total. The van der Waals surface area contributed by atoms with Crippen LogP contribution < -0.4 is 4.72 Å². The van der Waals surface area contributed by atoms with Crippen molar-refractivity contribution in [3.63, 3.8) is 0 Å². The van der Waals surface area contributed by atoms with Gasteiger partial charge in [-0.2, -0.15) is 5.10 Å². The number of aromatic nitrogens is 2. The van der Waals surface area contributed by atoms with Gasteiger partial charge in [0.25, 0.3) is 10.0 Å². The summed E-state index contributed by atoms with van der Waals surface area (Å²) in [6.07, 6.45) is 2.91. The first-order chi connectivity index (χ1) is 8.92. The number of carboxylic acid groups (broad SMARTS) is 1. The summed E-state index contributed by atoms with van der Waals surface area (Å²) in [5.41, 5.74) is -0.419. The van der Waals surface area contributed by atoms with E-state index < -0.39 is 38.7 Å². The van der Waals surface area contributed by atoms with Crippen LogP contribution in [0.5, 0.6) is 0 Å². The van der Waals surface area contributed by atoms with Crippen molar-refractivity contribution in [3.05, 3.63) is 11.8 Å². The molecule has 1 aromatic heterocycles. The molecule has 0 aliphatic heterocycles. The summed E-state index contributed by atoms with van der Waals surface area (Å²) >= 11 is 0. The molecule has 0 bridgehead atoms. The van der Waals surface area contributed by atoms with Crippen molar-refractivity contribution in [1.29, 1.82) is 0 Å². The summed E-state index contributed by atoms with van der Waals surface area (Å²) < 4.78 is 26.5. The molecule has 1 aliphatic rings. The largest absolute Gasteiger partial charge is 0.478 e. The van der Waals surface area contributed by atoms with Crippen molar-refractivity contribution in [2.24, 2.45) is 0 Å². The van der Waals surface area contributed by atoms with Crippen LogP contribution in [0.3, 0.4) is 0 Å². The van der Waals surface area contributed by atoms with Crippen LogP contribution in [0, 0.1) is 0 Å². The van der Waals surface area contributed by atoms with Gasteiger partial charge in [0.05, 0.1) is 12.3 Å². The molecule has 0 amide bonds. The summed E-state index contributed by atoms with van der Waals surface area (Å²) in [5, 5.41) is 23.7. The van der Waals surface area contributed by atoms with Crippen molar-refractivity contribution >= 4 is 16.0 Å². The van der Waals surface area contributed by atoms with E-state index in [2.05, 4.69) is 14.9 Å². The average Bonchev–Trinajstić information content (AvgIpc) is 2.82. The minimum Gasteiger partial charge on any atom is -0.478 e. The molecule has 1 aliphatic carbocycles. The summed E-state index contributed by atoms with van der Waals surface area (Å²) in [7, 11) is -4.03. The van der Waals surface area contributed by atoms with E-state index in [1.165, 1.54) is 0 Å². The van der Waals surface area contributed by atoms with E-state index in [0.717, 1.165) is 19.0 Å². The third-order valence-electron chi connectivity index (χ3n) is 3.14. The summed E-state index contributed by atoms with van der Waals surface area (Å²) in [5.74, 6) is -1.38. The maximum Gasteiger partial charge on any atom is 0.340 e. The quantitative estimate of drug-likeness (QED) is 0.601. The number of H-pyrrole nitrogens is 1. The Labute approximate surface area is 109 Å². The first-order valence-corrected chi connectivity index (χ1v) is 7.37. The molecule has 19 heavy (non-hydrogen) atoms. The highest BCUT2D eigenvalue weighted by atomic mass is 32.2. The molecule has 0 spiro atoms. The lowest BCUT2D eigenvalue weighted by Crippen LogP contribution is -2.45. The molecule has 0 aromatic carbocycles. The zero-order valence-electron chi connectivity index (χ0n) is 10.0. The number of hydrogen-bond acceptors (Lipinski definition) is 5. The van der Waals surface area contributed by atoms with Crippen molar-refractivity contribution < 1.29 is 23.4 Å². The van der Waals surface area contributed by atoms with Crippen LogP contribution >= 0.6 is 0 Å². The molecule has 1 aromatic rings. The van der Waals surface area contributed by atoms with Gasteiger partial charge in [0.2, 0.25) is 0 Å². The number of aliphatic hydroxyl groups is 1. The van der Waals surface area contributed by atoms with Gasteiger partial charge < -0.3 is 10.2 Å². The molecule has 2 rings (SSSR count). The Balaban J connectivity index is 2.22. The van der Waals surface area contributed by atoms with E-state index in [1.54, 1.807) is 0 Å². The lowest BCUT2D eigenvalue weighted by molar-refractivity contribution is 0.0692. The number of aliphatic hydroxyl groups excluding tert-OH is 1. The van der Waals surface area contributed by atoms with Gasteiger partial charge in [0.15, 0.2) is 5.03 Å². The second kappa shape index (κ2) is 5.27. The van der Waals surface area contributed by atoms with E-state index >= 15 is 0 Å². The zero-order chi connectivity index (χ0) is 14.0. The van der Waals surface area contributed by atoms with E-state index in [0.29, 0.717) is 12.8 Å². The second-order valence-corrected chi connectivity index (χ2v) is 6.15. The van der Waals surface area contributed by atoms with Crippen LogP contribution in [0.1, 0.15) is 36.0 Å². The average molecular weight is 289 g/mol. The highest BCUT2D eigenvalue weighted by molar-refractivity contribution is 7.89. The molecule has 2 atom stereocenters. The molecule has 0 radical (unpaired) electrons. The lowest BCUT2D eigenvalue weighted by atomic mass is 9.93. The molecular formula is C10H15N3O5S. The third kappa shape index (κ3) is 2.94. The van der Waals surface area contributed by atoms with Gasteiger partial charge in [0.1, 0.15) is 5.56 Å². The molecule has 1 saturated carbocycles. The minimum atomic E-state index is -4.03. The first kappa shape index (κ1) is 14.0. The smallest absolute Gasteiger partial charge is 0.340 e. The number of rotatable bonds is 4. The SMILES string of the molecule is O=C(O)c1cn[nH]c1S(=O)(=O)NC1CCCCC1O. The number of aromatic carboxylic acids is 1. The molecular weight excluding hydrogens is 274 g/mol. The summed E-state index contributed by atoms with van der Waals surface area (Å²) in [6.45, 7) is 0. The summed E-state index contributed by atoms with van der Waals surface area (Å²) in [6, 6.07) is -0.594. The molecule has 0 saturated heterocycles. The zero-order valence-corrected chi connectivity index (χ0v) is 10.9. The highest BCUT2D eigenvalue weighted by Gasteiger charge is 2.31. The number of nitrogens with one attached hydrogen (secondary N) is 2. The monoisotopic (exact) mass is 289 g/mol. The molecule has 8 nitrogen and oxygen atoms in total. The normalized spacial score (nSPS) is 24.3. The summed E-state index contributed by atoms with van der Waals surface area (Å²) in [4.78, 5) is 10.9. The van der Waals surface area contributed by atoms with E-state index in [9.17, 15) is 18.3 Å². The Bertz CT molecular complexity index is 567. The number of carboxylic acids is 1. The van der Waals surface area contributed by atoms with Crippen LogP contribution in [0.25, 0.3) is 0 Å². The molecule has 9 heteroatoms. The topological polar surface area (TPSA) is 132 Å². The van der Waals surface area contributed by atoms with Gasteiger partial charge in [-0.15, -0.1) is 0 Å². The van der Waals surface area contributed by atoms with Crippen molar-refractivity contribution in [1.82, 2.24) is 14.9 Å². The van der Waals surface area contributed by atoms with E-state index in [1.807, 2.05) is 0 Å². The van der Waals surface area contributed by atoms with Crippen LogP contribution in [0.2, 0.25) is 0 Å². The second-order valence-electron chi connectivity index (χ2n) is 4.50. The van der Waals surface area contributed by atoms with Crippen molar-refractivity contribution in [2.45, 2.75) is 42.9 Å². The van der Waals surface area contributed by atoms with Crippen LogP contribution in [0.15, 0.2) is 11.2 Å². The molecule has 1 fully saturated rings. The maximum absolute atomic E-state index is 12.1. The molecule has 106 valence electrons. The van der Waals surface area contributed by atoms with E-state index in [4.69, 9.17) is 5.11 Å². The third-order valence-corrected chi connectivity index (χ3v) is 4.60. The number of hydrogen-bond donors (Lipinski definition) is 4. The van der Waals surface area contributed by atoms with Crippen LogP contribution in [-0.2, 0) is 10.0 Å². The minimum absolute atomic E-state index is 0.419. The molecule has 2 unspecified atom stereocenters. The predicted octanol–water partition coefficient (Wildman–Crippen LogP) is -0.310. The van der Waals surface area contributed by atoms with Crippen molar-refractivity contribution in [2.75, 3.05) is 0 Å². The fraction of sp³-hybridized carbons (Fsp3) is 0.600. The van der Waals surface area contributed by atoms with Gasteiger partial charge in [-0.25, -0.2) is 17.9 Å². The van der Waals surface area contributed by atoms with Gasteiger partial charge in [-0.3, -0.25) is 5.10 Å². The van der Waals surface area contributed by atoms with Gasteiger partial charge in [-0.05, 0) is 12.8 Å². The van der Waals surface area contributed by atoms with Crippen LogP contribution in [0.4, 0.5) is 0 Å². The van der Waals surface area contributed by atoms with Crippen LogP contribution in [-0.4, -0.2) is 46.9 Å². The number of sulfonamides is 1. The Morgan fingerprint density at radius 2 is 2.11 bits per heavy atom. The Hall–Kier alpha value is -1.45. The molecule has 1 heterocycles. The number of nitrogens with zero attached hydrogens (tertiary/aromatic N) is 1. The van der Waals surface area contributed by atoms with E-state index in [-0.39, 0.29) is 0 Å². The Morgan fingerprint density at radius 1 is 1.42 bits per heavy atom. The lowest BCUT2D eigenvalue weighted by Gasteiger charge is -2.27. The maximum atomic E-state index is 12.1. The fourth-order valence-electron chi connectivity index (χ4n) is 2.14.